The topological polar surface area (TPSA) is 94.6 Å². The highest BCUT2D eigenvalue weighted by Crippen LogP contribution is 2.51. The summed E-state index contributed by atoms with van der Waals surface area (Å²) in [5, 5.41) is -0.207. The van der Waals surface area contributed by atoms with Crippen molar-refractivity contribution in [3.63, 3.8) is 0 Å². The van der Waals surface area contributed by atoms with Crippen molar-refractivity contribution in [1.82, 2.24) is 0 Å². The molecule has 0 radical (unpaired) electrons. The first-order valence-corrected chi connectivity index (χ1v) is 10.0. The van der Waals surface area contributed by atoms with Crippen LogP contribution in [0.2, 0.25) is 5.02 Å². The molecule has 2 saturated carbocycles. The molecule has 2 fully saturated rings. The van der Waals surface area contributed by atoms with E-state index >= 15 is 0 Å². The molecule has 134 valence electrons. The van der Waals surface area contributed by atoms with E-state index in [1.54, 1.807) is 6.92 Å². The normalized spacial score (nSPS) is 28.5. The van der Waals surface area contributed by atoms with Crippen LogP contribution in [0.4, 0.5) is 0 Å². The zero-order valence-electron chi connectivity index (χ0n) is 13.9. The van der Waals surface area contributed by atoms with Crippen LogP contribution in [-0.4, -0.2) is 39.1 Å². The Morgan fingerprint density at radius 2 is 1.88 bits per heavy atom. The number of ether oxygens (including phenoxy) is 1. The fourth-order valence-corrected chi connectivity index (χ4v) is 4.78. The molecule has 2 aliphatic rings. The van der Waals surface area contributed by atoms with E-state index in [9.17, 15) is 22.8 Å². The Balaban J connectivity index is 2.06. The van der Waals surface area contributed by atoms with Crippen molar-refractivity contribution >= 4 is 38.8 Å². The SMILES string of the molecule is COc1c(S(C)(=O)=O)ccc(C(=O)C2C(=O)C(C)C3CC3C2=O)c1Cl. The summed E-state index contributed by atoms with van der Waals surface area (Å²) in [5.74, 6) is -3.52. The number of hydrogen-bond acceptors (Lipinski definition) is 6. The summed E-state index contributed by atoms with van der Waals surface area (Å²) in [6.45, 7) is 1.73. The van der Waals surface area contributed by atoms with Crippen molar-refractivity contribution in [2.45, 2.75) is 18.2 Å². The zero-order chi connectivity index (χ0) is 18.7. The van der Waals surface area contributed by atoms with Crippen LogP contribution in [0.1, 0.15) is 23.7 Å². The zero-order valence-corrected chi connectivity index (χ0v) is 15.5. The third kappa shape index (κ3) is 2.79. The maximum atomic E-state index is 12.8. The molecule has 0 spiro atoms. The molecule has 6 nitrogen and oxygen atoms in total. The largest absolute Gasteiger partial charge is 0.494 e. The molecular formula is C17H17ClO6S. The molecule has 0 amide bonds. The van der Waals surface area contributed by atoms with E-state index in [0.29, 0.717) is 6.42 Å². The second-order valence-corrected chi connectivity index (χ2v) is 8.99. The van der Waals surface area contributed by atoms with E-state index in [0.717, 1.165) is 6.26 Å². The molecule has 4 unspecified atom stereocenters. The van der Waals surface area contributed by atoms with Gasteiger partial charge in [0, 0.05) is 23.7 Å². The Kier molecular flexibility index (Phi) is 4.28. The van der Waals surface area contributed by atoms with E-state index < -0.39 is 27.3 Å². The van der Waals surface area contributed by atoms with Crippen molar-refractivity contribution in [2.75, 3.05) is 13.4 Å². The van der Waals surface area contributed by atoms with Gasteiger partial charge in [-0.25, -0.2) is 8.42 Å². The molecule has 1 aromatic carbocycles. The van der Waals surface area contributed by atoms with Gasteiger partial charge in [-0.1, -0.05) is 18.5 Å². The lowest BCUT2D eigenvalue weighted by Crippen LogP contribution is -2.41. The summed E-state index contributed by atoms with van der Waals surface area (Å²) in [6.07, 6.45) is 1.63. The molecule has 3 rings (SSSR count). The van der Waals surface area contributed by atoms with Gasteiger partial charge in [0.1, 0.15) is 10.8 Å². The van der Waals surface area contributed by atoms with Crippen molar-refractivity contribution in [2.24, 2.45) is 23.7 Å². The maximum Gasteiger partial charge on any atom is 0.182 e. The van der Waals surface area contributed by atoms with Gasteiger partial charge in [-0.15, -0.1) is 0 Å². The maximum absolute atomic E-state index is 12.8. The number of benzene rings is 1. The van der Waals surface area contributed by atoms with Crippen LogP contribution in [0.5, 0.6) is 5.75 Å². The third-order valence-electron chi connectivity index (χ3n) is 5.06. The van der Waals surface area contributed by atoms with Crippen LogP contribution in [0.25, 0.3) is 0 Å². The van der Waals surface area contributed by atoms with Crippen LogP contribution in [-0.2, 0) is 19.4 Å². The summed E-state index contributed by atoms with van der Waals surface area (Å²) in [5.41, 5.74) is -0.0797. The first-order chi connectivity index (χ1) is 11.6. The Hall–Kier alpha value is -1.73. The minimum absolute atomic E-state index is 0.0432. The fourth-order valence-electron chi connectivity index (χ4n) is 3.55. The average molecular weight is 385 g/mol. The lowest BCUT2D eigenvalue weighted by Gasteiger charge is -2.23. The molecule has 0 saturated heterocycles. The molecule has 0 heterocycles. The second-order valence-electron chi connectivity index (χ2n) is 6.63. The number of fused-ring (bicyclic) bond motifs is 1. The Bertz CT molecular complexity index is 904. The number of rotatable bonds is 4. The monoisotopic (exact) mass is 384 g/mol. The number of sulfone groups is 1. The Labute approximate surface area is 150 Å². The Morgan fingerprint density at radius 3 is 2.44 bits per heavy atom. The highest BCUT2D eigenvalue weighted by Gasteiger charge is 2.58. The average Bonchev–Trinajstić information content (AvgIpc) is 3.32. The summed E-state index contributed by atoms with van der Waals surface area (Å²) >= 11 is 6.18. The molecule has 25 heavy (non-hydrogen) atoms. The van der Waals surface area contributed by atoms with Crippen LogP contribution in [0.15, 0.2) is 17.0 Å². The summed E-state index contributed by atoms with van der Waals surface area (Å²) in [7, 11) is -2.39. The van der Waals surface area contributed by atoms with Crippen molar-refractivity contribution in [3.05, 3.63) is 22.7 Å². The molecule has 0 N–H and O–H groups in total. The number of ketones is 3. The smallest absolute Gasteiger partial charge is 0.182 e. The van der Waals surface area contributed by atoms with Gasteiger partial charge < -0.3 is 4.74 Å². The van der Waals surface area contributed by atoms with Gasteiger partial charge in [0.25, 0.3) is 0 Å². The van der Waals surface area contributed by atoms with Gasteiger partial charge in [-0.2, -0.15) is 0 Å². The number of methoxy groups -OCH3 is 1. The molecule has 0 aliphatic heterocycles. The van der Waals surface area contributed by atoms with Gasteiger partial charge in [0.2, 0.25) is 0 Å². The minimum Gasteiger partial charge on any atom is -0.494 e. The molecule has 4 atom stereocenters. The summed E-state index contributed by atoms with van der Waals surface area (Å²) in [6, 6.07) is 2.43. The lowest BCUT2D eigenvalue weighted by molar-refractivity contribution is -0.136. The third-order valence-corrected chi connectivity index (χ3v) is 6.55. The summed E-state index contributed by atoms with van der Waals surface area (Å²) in [4.78, 5) is 37.6. The van der Waals surface area contributed by atoms with Crippen LogP contribution < -0.4 is 4.74 Å². The predicted octanol–water partition coefficient (Wildman–Crippen LogP) is 1.97. The van der Waals surface area contributed by atoms with Gasteiger partial charge in [0.05, 0.1) is 12.1 Å². The number of carbonyl (C=O) groups excluding carboxylic acids is 3. The quantitative estimate of drug-likeness (QED) is 0.582. The predicted molar refractivity (Wildman–Crippen MR) is 89.7 cm³/mol. The second kappa shape index (κ2) is 5.92. The first-order valence-electron chi connectivity index (χ1n) is 7.77. The number of hydrogen-bond donors (Lipinski definition) is 0. The van der Waals surface area contributed by atoms with Crippen molar-refractivity contribution in [3.8, 4) is 5.75 Å². The molecular weight excluding hydrogens is 368 g/mol. The van der Waals surface area contributed by atoms with Crippen LogP contribution in [0, 0.1) is 23.7 Å². The number of carbonyl (C=O) groups is 3. The van der Waals surface area contributed by atoms with Crippen molar-refractivity contribution in [1.29, 1.82) is 0 Å². The van der Waals surface area contributed by atoms with E-state index in [1.165, 1.54) is 19.2 Å². The minimum atomic E-state index is -3.62. The lowest BCUT2D eigenvalue weighted by atomic mass is 9.76. The summed E-state index contributed by atoms with van der Waals surface area (Å²) < 4.78 is 28.7. The van der Waals surface area contributed by atoms with Gasteiger partial charge in [0.15, 0.2) is 32.9 Å². The standard InChI is InChI=1S/C17H17ClO6S/c1-7-9-6-10(9)16(21)12(14(7)19)15(20)8-4-5-11(25(3,22)23)17(24-2)13(8)18/h4-5,7,9-10,12H,6H2,1-3H3. The van der Waals surface area contributed by atoms with E-state index in [2.05, 4.69) is 0 Å². The van der Waals surface area contributed by atoms with Gasteiger partial charge in [-0.05, 0) is 24.5 Å². The van der Waals surface area contributed by atoms with Crippen LogP contribution in [0.3, 0.4) is 0 Å². The highest BCUT2D eigenvalue weighted by molar-refractivity contribution is 7.90. The number of halogens is 1. The number of Topliss-reactive ketones (excluding diaryl/α,β-unsaturated/α-hetero) is 3. The van der Waals surface area contributed by atoms with Crippen molar-refractivity contribution < 1.29 is 27.5 Å². The fraction of sp³-hybridized carbons (Fsp3) is 0.471. The van der Waals surface area contributed by atoms with Gasteiger partial charge in [-0.3, -0.25) is 14.4 Å². The Morgan fingerprint density at radius 1 is 1.24 bits per heavy atom. The van der Waals surface area contributed by atoms with E-state index in [1.807, 2.05) is 0 Å². The van der Waals surface area contributed by atoms with Crippen LogP contribution >= 0.6 is 11.6 Å². The molecule has 1 aromatic rings. The van der Waals surface area contributed by atoms with E-state index in [-0.39, 0.29) is 44.8 Å². The highest BCUT2D eigenvalue weighted by atomic mass is 35.5. The molecule has 2 aliphatic carbocycles. The first kappa shape index (κ1) is 18.1. The van der Waals surface area contributed by atoms with E-state index in [4.69, 9.17) is 16.3 Å². The molecule has 8 heteroatoms. The molecule has 0 aromatic heterocycles. The molecule has 0 bridgehead atoms. The van der Waals surface area contributed by atoms with Gasteiger partial charge >= 0.3 is 0 Å².